The average Bonchev–Trinajstić information content (AvgIpc) is 2.26. The van der Waals surface area contributed by atoms with E-state index in [1.54, 1.807) is 13.8 Å². The third kappa shape index (κ3) is 2.68. The van der Waals surface area contributed by atoms with Gasteiger partial charge in [-0.15, -0.1) is 0 Å². The van der Waals surface area contributed by atoms with Gasteiger partial charge in [-0.3, -0.25) is 4.79 Å². The van der Waals surface area contributed by atoms with Gasteiger partial charge in [0.2, 0.25) is 0 Å². The van der Waals surface area contributed by atoms with Crippen molar-refractivity contribution in [1.29, 1.82) is 0 Å². The van der Waals surface area contributed by atoms with Crippen LogP contribution in [0.2, 0.25) is 0 Å². The molecule has 0 saturated carbocycles. The van der Waals surface area contributed by atoms with Crippen LogP contribution in [0.15, 0.2) is 10.5 Å². The second kappa shape index (κ2) is 5.00. The van der Waals surface area contributed by atoms with Crippen LogP contribution in [-0.4, -0.2) is 24.3 Å². The minimum atomic E-state index is -0.980. The van der Waals surface area contributed by atoms with Crippen LogP contribution in [0.25, 0.3) is 0 Å². The molecule has 0 aliphatic carbocycles. The highest BCUT2D eigenvalue weighted by molar-refractivity contribution is 9.10. The van der Waals surface area contributed by atoms with Gasteiger partial charge in [0.15, 0.2) is 11.5 Å². The number of aliphatic carboxylic acids is 1. The molecule has 0 bridgehead atoms. The van der Waals surface area contributed by atoms with Crippen LogP contribution < -0.4 is 9.47 Å². The van der Waals surface area contributed by atoms with Crippen molar-refractivity contribution in [2.75, 3.05) is 13.2 Å². The Morgan fingerprint density at radius 2 is 2.11 bits per heavy atom. The lowest BCUT2D eigenvalue weighted by Gasteiger charge is -2.28. The van der Waals surface area contributed by atoms with Crippen LogP contribution >= 0.6 is 15.9 Å². The average molecular weight is 333 g/mol. The fourth-order valence-corrected chi connectivity index (χ4v) is 3.24. The number of benzene rings is 1. The van der Waals surface area contributed by atoms with E-state index in [1.165, 1.54) is 6.07 Å². The number of fused-ring (bicyclic) bond motifs is 1. The molecule has 6 heteroatoms. The van der Waals surface area contributed by atoms with E-state index < -0.39 is 17.2 Å². The standard InChI is InChI=1S/C13H14BrFO4/c1-13(2,6-9(16)17)10-7(15)5-8-12(11(10)14)19-4-3-18-8/h5H,3-4,6H2,1-2H3,(H,16,17). The van der Waals surface area contributed by atoms with E-state index >= 15 is 0 Å². The van der Waals surface area contributed by atoms with Crippen LogP contribution in [0.5, 0.6) is 11.5 Å². The molecule has 4 nitrogen and oxygen atoms in total. The van der Waals surface area contributed by atoms with E-state index in [1.807, 2.05) is 0 Å². The molecule has 0 aromatic heterocycles. The molecule has 1 aliphatic rings. The summed E-state index contributed by atoms with van der Waals surface area (Å²) in [6, 6.07) is 1.25. The van der Waals surface area contributed by atoms with E-state index in [-0.39, 0.29) is 6.42 Å². The zero-order valence-electron chi connectivity index (χ0n) is 10.6. The molecule has 1 N–H and O–H groups in total. The summed E-state index contributed by atoms with van der Waals surface area (Å²) < 4.78 is 25.4. The van der Waals surface area contributed by atoms with Crippen LogP contribution in [0.3, 0.4) is 0 Å². The first kappa shape index (κ1) is 14.1. The first-order valence-electron chi connectivity index (χ1n) is 5.83. The zero-order valence-corrected chi connectivity index (χ0v) is 12.2. The van der Waals surface area contributed by atoms with E-state index in [9.17, 15) is 9.18 Å². The second-order valence-electron chi connectivity index (χ2n) is 5.03. The molecule has 1 aromatic rings. The van der Waals surface area contributed by atoms with E-state index in [4.69, 9.17) is 14.6 Å². The minimum absolute atomic E-state index is 0.178. The van der Waals surface area contributed by atoms with Gasteiger partial charge in [-0.2, -0.15) is 0 Å². The maximum atomic E-state index is 14.2. The van der Waals surface area contributed by atoms with Gasteiger partial charge in [0.25, 0.3) is 0 Å². The van der Waals surface area contributed by atoms with E-state index in [0.29, 0.717) is 34.7 Å². The summed E-state index contributed by atoms with van der Waals surface area (Å²) in [6.07, 6.45) is -0.178. The first-order chi connectivity index (χ1) is 8.83. The lowest BCUT2D eigenvalue weighted by atomic mass is 9.81. The highest BCUT2D eigenvalue weighted by atomic mass is 79.9. The maximum Gasteiger partial charge on any atom is 0.304 e. The third-order valence-electron chi connectivity index (χ3n) is 3.00. The predicted octanol–water partition coefficient (Wildman–Crippen LogP) is 3.11. The third-order valence-corrected chi connectivity index (χ3v) is 3.75. The highest BCUT2D eigenvalue weighted by Crippen LogP contribution is 2.46. The van der Waals surface area contributed by atoms with Crippen LogP contribution in [-0.2, 0) is 10.2 Å². The summed E-state index contributed by atoms with van der Waals surface area (Å²) in [5, 5.41) is 8.94. The monoisotopic (exact) mass is 332 g/mol. The Hall–Kier alpha value is -1.30. The summed E-state index contributed by atoms with van der Waals surface area (Å²) in [7, 11) is 0. The van der Waals surface area contributed by atoms with Crippen molar-refractivity contribution in [3.63, 3.8) is 0 Å². The molecule has 0 unspecified atom stereocenters. The number of ether oxygens (including phenoxy) is 2. The second-order valence-corrected chi connectivity index (χ2v) is 5.82. The van der Waals surface area contributed by atoms with Crippen molar-refractivity contribution >= 4 is 21.9 Å². The molecule has 0 fully saturated rings. The zero-order chi connectivity index (χ0) is 14.2. The van der Waals surface area contributed by atoms with Gasteiger partial charge in [0.1, 0.15) is 19.0 Å². The van der Waals surface area contributed by atoms with Gasteiger partial charge in [0, 0.05) is 17.0 Å². The molecule has 2 rings (SSSR count). The minimum Gasteiger partial charge on any atom is -0.486 e. The molecule has 104 valence electrons. The number of carboxylic acid groups (broad SMARTS) is 1. The Morgan fingerprint density at radius 1 is 1.47 bits per heavy atom. The molecule has 19 heavy (non-hydrogen) atoms. The van der Waals surface area contributed by atoms with Crippen LogP contribution in [0.4, 0.5) is 4.39 Å². The van der Waals surface area contributed by atoms with E-state index in [0.717, 1.165) is 0 Å². The van der Waals surface area contributed by atoms with Gasteiger partial charge < -0.3 is 14.6 Å². The molecule has 0 spiro atoms. The van der Waals surface area contributed by atoms with Gasteiger partial charge in [-0.1, -0.05) is 13.8 Å². The van der Waals surface area contributed by atoms with Gasteiger partial charge in [0.05, 0.1) is 10.9 Å². The van der Waals surface area contributed by atoms with Crippen molar-refractivity contribution in [2.45, 2.75) is 25.7 Å². The molecule has 1 heterocycles. The first-order valence-corrected chi connectivity index (χ1v) is 6.62. The molecule has 0 amide bonds. The fraction of sp³-hybridized carbons (Fsp3) is 0.462. The van der Waals surface area contributed by atoms with Crippen LogP contribution in [0, 0.1) is 5.82 Å². The number of carbonyl (C=O) groups is 1. The van der Waals surface area contributed by atoms with Gasteiger partial charge >= 0.3 is 5.97 Å². The van der Waals surface area contributed by atoms with Crippen molar-refractivity contribution < 1.29 is 23.8 Å². The van der Waals surface area contributed by atoms with Crippen molar-refractivity contribution in [3.05, 3.63) is 21.9 Å². The van der Waals surface area contributed by atoms with Crippen molar-refractivity contribution in [2.24, 2.45) is 0 Å². The number of rotatable bonds is 3. The Labute approximate surface area is 118 Å². The summed E-state index contributed by atoms with van der Waals surface area (Å²) in [6.45, 7) is 4.12. The molecule has 0 radical (unpaired) electrons. The molecular weight excluding hydrogens is 319 g/mol. The number of halogens is 2. The predicted molar refractivity (Wildman–Crippen MR) is 70.4 cm³/mol. The molecule has 1 aliphatic heterocycles. The molecular formula is C13H14BrFO4. The summed E-state index contributed by atoms with van der Waals surface area (Å²) in [4.78, 5) is 10.9. The number of carboxylic acids is 1. The van der Waals surface area contributed by atoms with Crippen molar-refractivity contribution in [3.8, 4) is 11.5 Å². The highest BCUT2D eigenvalue weighted by Gasteiger charge is 2.33. The SMILES string of the molecule is CC(C)(CC(=O)O)c1c(F)cc2c(c1Br)OCCO2. The number of hydrogen-bond acceptors (Lipinski definition) is 3. The fourth-order valence-electron chi connectivity index (χ4n) is 2.20. The summed E-state index contributed by atoms with van der Waals surface area (Å²) >= 11 is 3.31. The Kier molecular flexibility index (Phi) is 3.71. The van der Waals surface area contributed by atoms with E-state index in [2.05, 4.69) is 15.9 Å². The molecule has 0 atom stereocenters. The van der Waals surface area contributed by atoms with Crippen LogP contribution in [0.1, 0.15) is 25.8 Å². The quantitative estimate of drug-likeness (QED) is 0.923. The Bertz CT molecular complexity index is 528. The largest absolute Gasteiger partial charge is 0.486 e. The van der Waals surface area contributed by atoms with Crippen molar-refractivity contribution in [1.82, 2.24) is 0 Å². The number of hydrogen-bond donors (Lipinski definition) is 1. The summed E-state index contributed by atoms with van der Waals surface area (Å²) in [5.41, 5.74) is -0.566. The lowest BCUT2D eigenvalue weighted by Crippen LogP contribution is -2.25. The lowest BCUT2D eigenvalue weighted by molar-refractivity contribution is -0.138. The topological polar surface area (TPSA) is 55.8 Å². The maximum absolute atomic E-state index is 14.2. The van der Waals surface area contributed by atoms with Gasteiger partial charge in [-0.05, 0) is 15.9 Å². The normalized spacial score (nSPS) is 14.3. The summed E-state index contributed by atoms with van der Waals surface area (Å²) in [5.74, 6) is -0.708. The van der Waals surface area contributed by atoms with Gasteiger partial charge in [-0.25, -0.2) is 4.39 Å². The smallest absolute Gasteiger partial charge is 0.304 e. The Morgan fingerprint density at radius 3 is 2.74 bits per heavy atom. The molecule has 0 saturated heterocycles. The molecule has 1 aromatic carbocycles. The Balaban J connectivity index is 2.54.